The van der Waals surface area contributed by atoms with Crippen LogP contribution in [-0.2, 0) is 9.53 Å². The minimum absolute atomic E-state index is 0.143. The maximum absolute atomic E-state index is 10.9. The molecule has 2 heterocycles. The predicted molar refractivity (Wildman–Crippen MR) is 49.8 cm³/mol. The van der Waals surface area contributed by atoms with Crippen molar-refractivity contribution in [2.45, 2.75) is 31.5 Å². The molecule has 76 valence electrons. The monoisotopic (exact) mass is 194 g/mol. The highest BCUT2D eigenvalue weighted by molar-refractivity contribution is 5.70. The van der Waals surface area contributed by atoms with E-state index in [1.54, 1.807) is 0 Å². The zero-order valence-corrected chi connectivity index (χ0v) is 8.14. The molecule has 3 nitrogen and oxygen atoms in total. The first-order valence-corrected chi connectivity index (χ1v) is 5.20. The quantitative estimate of drug-likeness (QED) is 0.642. The van der Waals surface area contributed by atoms with Gasteiger partial charge in [-0.25, -0.2) is 0 Å². The number of rotatable bonds is 1. The number of ether oxygens (including phenoxy) is 1. The first-order chi connectivity index (χ1) is 6.60. The van der Waals surface area contributed by atoms with E-state index in [9.17, 15) is 4.79 Å². The zero-order valence-electron chi connectivity index (χ0n) is 8.14. The summed E-state index contributed by atoms with van der Waals surface area (Å²) in [7, 11) is 0. The molecule has 2 aliphatic heterocycles. The minimum Gasteiger partial charge on any atom is -0.481 e. The predicted octanol–water partition coefficient (Wildman–Crippen LogP) is 1.44. The summed E-state index contributed by atoms with van der Waals surface area (Å²) in [6, 6.07) is 0. The van der Waals surface area contributed by atoms with E-state index in [4.69, 9.17) is 9.84 Å². The normalized spacial score (nSPS) is 53.8. The van der Waals surface area contributed by atoms with Gasteiger partial charge in [-0.15, -0.1) is 0 Å². The van der Waals surface area contributed by atoms with E-state index in [2.05, 4.69) is 19.1 Å². The molecule has 14 heavy (non-hydrogen) atoms. The molecule has 0 aromatic heterocycles. The van der Waals surface area contributed by atoms with E-state index >= 15 is 0 Å². The third kappa shape index (κ3) is 0.883. The van der Waals surface area contributed by atoms with Gasteiger partial charge in [-0.05, 0) is 31.6 Å². The molecule has 0 amide bonds. The van der Waals surface area contributed by atoms with Crippen LogP contribution in [0.3, 0.4) is 0 Å². The van der Waals surface area contributed by atoms with E-state index < -0.39 is 5.97 Å². The maximum Gasteiger partial charge on any atom is 0.306 e. The van der Waals surface area contributed by atoms with Gasteiger partial charge in [0.2, 0.25) is 0 Å². The average Bonchev–Trinajstić information content (AvgIpc) is 2.70. The van der Waals surface area contributed by atoms with E-state index in [0.29, 0.717) is 11.8 Å². The standard InChI is InChI=1S/C11H14O3/c1-11-3-2-9(14-11)7-4-6(10(12)13)5-8(7)11/h2-3,6-9H,4-5H2,1H3,(H,12,13). The Bertz CT molecular complexity index is 322. The Hall–Kier alpha value is -0.830. The van der Waals surface area contributed by atoms with Crippen molar-refractivity contribution in [1.29, 1.82) is 0 Å². The third-order valence-corrected chi connectivity index (χ3v) is 4.13. The lowest BCUT2D eigenvalue weighted by atomic mass is 9.79. The van der Waals surface area contributed by atoms with Crippen molar-refractivity contribution in [1.82, 2.24) is 0 Å². The van der Waals surface area contributed by atoms with Gasteiger partial charge in [-0.2, -0.15) is 0 Å². The summed E-state index contributed by atoms with van der Waals surface area (Å²) in [5.41, 5.74) is -0.167. The molecule has 0 radical (unpaired) electrons. The van der Waals surface area contributed by atoms with Gasteiger partial charge in [0, 0.05) is 0 Å². The molecule has 3 aliphatic rings. The number of hydrogen-bond acceptors (Lipinski definition) is 2. The van der Waals surface area contributed by atoms with Crippen molar-refractivity contribution in [3.63, 3.8) is 0 Å². The molecule has 5 unspecified atom stereocenters. The fourth-order valence-corrected chi connectivity index (χ4v) is 3.39. The number of carboxylic acid groups (broad SMARTS) is 1. The molecule has 2 fully saturated rings. The van der Waals surface area contributed by atoms with Crippen LogP contribution in [-0.4, -0.2) is 22.8 Å². The first-order valence-electron chi connectivity index (χ1n) is 5.20. The smallest absolute Gasteiger partial charge is 0.306 e. The van der Waals surface area contributed by atoms with Gasteiger partial charge in [0.15, 0.2) is 0 Å². The van der Waals surface area contributed by atoms with Crippen molar-refractivity contribution in [3.05, 3.63) is 12.2 Å². The van der Waals surface area contributed by atoms with Gasteiger partial charge in [-0.1, -0.05) is 12.2 Å². The van der Waals surface area contributed by atoms with Crippen molar-refractivity contribution >= 4 is 5.97 Å². The fraction of sp³-hybridized carbons (Fsp3) is 0.727. The van der Waals surface area contributed by atoms with Gasteiger partial charge in [0.05, 0.1) is 17.6 Å². The Balaban J connectivity index is 1.88. The fourth-order valence-electron chi connectivity index (χ4n) is 3.39. The van der Waals surface area contributed by atoms with Crippen molar-refractivity contribution < 1.29 is 14.6 Å². The zero-order chi connectivity index (χ0) is 9.92. The van der Waals surface area contributed by atoms with E-state index in [1.165, 1.54) is 0 Å². The maximum atomic E-state index is 10.9. The van der Waals surface area contributed by atoms with Gasteiger partial charge in [-0.3, -0.25) is 4.79 Å². The third-order valence-electron chi connectivity index (χ3n) is 4.13. The second-order valence-electron chi connectivity index (χ2n) is 4.90. The molecule has 3 rings (SSSR count). The summed E-state index contributed by atoms with van der Waals surface area (Å²) in [4.78, 5) is 10.9. The van der Waals surface area contributed by atoms with Crippen molar-refractivity contribution in [2.24, 2.45) is 17.8 Å². The van der Waals surface area contributed by atoms with Crippen molar-refractivity contribution in [3.8, 4) is 0 Å². The van der Waals surface area contributed by atoms with Crippen molar-refractivity contribution in [2.75, 3.05) is 0 Å². The SMILES string of the molecule is CC12C=CC(O1)C1CC(C(=O)O)CC12. The van der Waals surface area contributed by atoms with Crippen LogP contribution in [0, 0.1) is 17.8 Å². The Labute approximate surface area is 82.8 Å². The Morgan fingerprint density at radius 2 is 2.36 bits per heavy atom. The van der Waals surface area contributed by atoms with E-state index in [-0.39, 0.29) is 17.6 Å². The lowest BCUT2D eigenvalue weighted by molar-refractivity contribution is -0.142. The molecule has 3 heteroatoms. The summed E-state index contributed by atoms with van der Waals surface area (Å²) in [5.74, 6) is 0.0997. The minimum atomic E-state index is -0.637. The van der Waals surface area contributed by atoms with Crippen LogP contribution in [0.15, 0.2) is 12.2 Å². The van der Waals surface area contributed by atoms with E-state index in [0.717, 1.165) is 12.8 Å². The number of carbonyl (C=O) groups is 1. The molecule has 5 atom stereocenters. The summed E-state index contributed by atoms with van der Waals surface area (Å²) in [5, 5.41) is 8.98. The molecule has 1 N–H and O–H groups in total. The summed E-state index contributed by atoms with van der Waals surface area (Å²) in [6.45, 7) is 2.08. The number of fused-ring (bicyclic) bond motifs is 5. The molecular weight excluding hydrogens is 180 g/mol. The van der Waals surface area contributed by atoms with Crippen LogP contribution >= 0.6 is 0 Å². The van der Waals surface area contributed by atoms with Gasteiger partial charge >= 0.3 is 5.97 Å². The molecule has 0 spiro atoms. The lowest BCUT2D eigenvalue weighted by Crippen LogP contribution is -2.29. The molecule has 2 bridgehead atoms. The van der Waals surface area contributed by atoms with Gasteiger partial charge < -0.3 is 9.84 Å². The second kappa shape index (κ2) is 2.40. The van der Waals surface area contributed by atoms with Crippen LogP contribution in [0.2, 0.25) is 0 Å². The first kappa shape index (κ1) is 8.48. The summed E-state index contributed by atoms with van der Waals surface area (Å²) >= 11 is 0. The molecule has 1 saturated carbocycles. The molecule has 1 saturated heterocycles. The van der Waals surface area contributed by atoms with Gasteiger partial charge in [0.1, 0.15) is 0 Å². The van der Waals surface area contributed by atoms with Crippen LogP contribution in [0.25, 0.3) is 0 Å². The topological polar surface area (TPSA) is 46.5 Å². The number of carboxylic acids is 1. The Kier molecular flexibility index (Phi) is 1.45. The molecule has 0 aromatic carbocycles. The van der Waals surface area contributed by atoms with Gasteiger partial charge in [0.25, 0.3) is 0 Å². The van der Waals surface area contributed by atoms with Crippen LogP contribution in [0.1, 0.15) is 19.8 Å². The van der Waals surface area contributed by atoms with E-state index in [1.807, 2.05) is 0 Å². The highest BCUT2D eigenvalue weighted by Gasteiger charge is 2.58. The Morgan fingerprint density at radius 3 is 3.00 bits per heavy atom. The molecular formula is C11H14O3. The summed E-state index contributed by atoms with van der Waals surface area (Å²) < 4.78 is 5.85. The second-order valence-corrected chi connectivity index (χ2v) is 4.90. The Morgan fingerprint density at radius 1 is 1.57 bits per heavy atom. The number of aliphatic carboxylic acids is 1. The largest absolute Gasteiger partial charge is 0.481 e. The molecule has 1 aliphatic carbocycles. The summed E-state index contributed by atoms with van der Waals surface area (Å²) in [6.07, 6.45) is 5.99. The highest BCUT2D eigenvalue weighted by Crippen LogP contribution is 2.55. The van der Waals surface area contributed by atoms with Crippen LogP contribution < -0.4 is 0 Å². The number of hydrogen-bond donors (Lipinski definition) is 1. The molecule has 0 aromatic rings. The highest BCUT2D eigenvalue weighted by atomic mass is 16.5. The average molecular weight is 194 g/mol. The van der Waals surface area contributed by atoms with Crippen LogP contribution in [0.5, 0.6) is 0 Å². The lowest BCUT2D eigenvalue weighted by Gasteiger charge is -2.25. The van der Waals surface area contributed by atoms with Crippen LogP contribution in [0.4, 0.5) is 0 Å².